The van der Waals surface area contributed by atoms with Crippen molar-refractivity contribution < 1.29 is 23.9 Å². The number of nitrogens with zero attached hydrogens (tertiary/aromatic N) is 4. The number of ether oxygens (including phenoxy) is 1. The van der Waals surface area contributed by atoms with Crippen molar-refractivity contribution in [3.05, 3.63) is 24.3 Å². The molecule has 10 nitrogen and oxygen atoms in total. The molecule has 2 saturated heterocycles. The van der Waals surface area contributed by atoms with Crippen LogP contribution in [0.25, 0.3) is 0 Å². The highest BCUT2D eigenvalue weighted by Crippen LogP contribution is 2.39. The van der Waals surface area contributed by atoms with Crippen LogP contribution in [0.15, 0.2) is 24.3 Å². The molecule has 3 aliphatic rings. The van der Waals surface area contributed by atoms with Crippen LogP contribution in [-0.4, -0.2) is 97.5 Å². The molecule has 0 atom stereocenters. The van der Waals surface area contributed by atoms with E-state index >= 15 is 0 Å². The van der Waals surface area contributed by atoms with Crippen LogP contribution in [0.2, 0.25) is 0 Å². The molecule has 0 bridgehead atoms. The van der Waals surface area contributed by atoms with E-state index in [0.29, 0.717) is 31.7 Å². The predicted octanol–water partition coefficient (Wildman–Crippen LogP) is 1.52. The lowest BCUT2D eigenvalue weighted by Gasteiger charge is -2.35. The molecule has 0 unspecified atom stereocenters. The number of rotatable bonds is 6. The molecule has 1 aliphatic carbocycles. The van der Waals surface area contributed by atoms with Gasteiger partial charge in [-0.25, -0.2) is 4.79 Å². The van der Waals surface area contributed by atoms with Crippen molar-refractivity contribution in [2.24, 2.45) is 0 Å². The maximum Gasteiger partial charge on any atom is 0.327 e. The van der Waals surface area contributed by atoms with Crippen LogP contribution in [0.4, 0.5) is 16.2 Å². The Hall–Kier alpha value is -3.14. The molecule has 2 aliphatic heterocycles. The summed E-state index contributed by atoms with van der Waals surface area (Å²) >= 11 is 0. The van der Waals surface area contributed by atoms with E-state index in [1.54, 1.807) is 7.05 Å². The first-order valence-electron chi connectivity index (χ1n) is 11.9. The molecular weight excluding hydrogens is 438 g/mol. The van der Waals surface area contributed by atoms with Crippen LogP contribution in [0, 0.1) is 0 Å². The summed E-state index contributed by atoms with van der Waals surface area (Å²) in [7, 11) is 3.13. The largest absolute Gasteiger partial charge is 0.378 e. The Morgan fingerprint density at radius 1 is 1.06 bits per heavy atom. The van der Waals surface area contributed by atoms with Gasteiger partial charge in [0.05, 0.1) is 19.8 Å². The Morgan fingerprint density at radius 3 is 2.35 bits per heavy atom. The predicted molar refractivity (Wildman–Crippen MR) is 126 cm³/mol. The van der Waals surface area contributed by atoms with Gasteiger partial charge in [0.25, 0.3) is 5.91 Å². The minimum absolute atomic E-state index is 0.179. The number of carbonyl (C=O) groups excluding carboxylic acids is 4. The SMILES string of the molecule is CN(CC(=O)Nc1ccc(N2CCOCC2)cc1)C(=O)CN1C(=O)N(C)C2(CCCCC2)C1=O. The summed E-state index contributed by atoms with van der Waals surface area (Å²) in [5.74, 6) is -1.11. The molecule has 1 saturated carbocycles. The van der Waals surface area contributed by atoms with Crippen molar-refractivity contribution in [1.29, 1.82) is 0 Å². The normalized spacial score (nSPS) is 20.1. The molecule has 5 amide bonds. The molecule has 3 fully saturated rings. The van der Waals surface area contributed by atoms with Gasteiger partial charge in [0, 0.05) is 38.6 Å². The van der Waals surface area contributed by atoms with Gasteiger partial charge in [-0.3, -0.25) is 19.3 Å². The second kappa shape index (κ2) is 10.0. The Kier molecular flexibility index (Phi) is 7.06. The molecule has 1 aromatic rings. The summed E-state index contributed by atoms with van der Waals surface area (Å²) in [6, 6.07) is 7.09. The number of urea groups is 1. The molecule has 4 rings (SSSR count). The maximum absolute atomic E-state index is 13.1. The second-order valence-corrected chi connectivity index (χ2v) is 9.27. The Balaban J connectivity index is 1.29. The summed E-state index contributed by atoms with van der Waals surface area (Å²) in [4.78, 5) is 57.0. The number of benzene rings is 1. The highest BCUT2D eigenvalue weighted by Gasteiger charge is 2.55. The van der Waals surface area contributed by atoms with Crippen molar-refractivity contribution in [3.63, 3.8) is 0 Å². The molecule has 1 aromatic carbocycles. The van der Waals surface area contributed by atoms with Gasteiger partial charge in [-0.15, -0.1) is 0 Å². The van der Waals surface area contributed by atoms with E-state index in [9.17, 15) is 19.2 Å². The summed E-state index contributed by atoms with van der Waals surface area (Å²) in [6.45, 7) is 2.52. The summed E-state index contributed by atoms with van der Waals surface area (Å²) in [6.07, 6.45) is 4.07. The molecule has 10 heteroatoms. The molecule has 0 aromatic heterocycles. The summed E-state index contributed by atoms with van der Waals surface area (Å²) < 4.78 is 5.37. The smallest absolute Gasteiger partial charge is 0.327 e. The van der Waals surface area contributed by atoms with Crippen LogP contribution in [0.3, 0.4) is 0 Å². The van der Waals surface area contributed by atoms with E-state index in [2.05, 4.69) is 10.2 Å². The van der Waals surface area contributed by atoms with Gasteiger partial charge >= 0.3 is 6.03 Å². The highest BCUT2D eigenvalue weighted by atomic mass is 16.5. The number of carbonyl (C=O) groups is 4. The first kappa shape index (κ1) is 24.0. The third-order valence-corrected chi connectivity index (χ3v) is 7.11. The average Bonchev–Trinajstić information content (AvgIpc) is 3.01. The Labute approximate surface area is 199 Å². The monoisotopic (exact) mass is 471 g/mol. The zero-order valence-electron chi connectivity index (χ0n) is 19.9. The number of morpholine rings is 1. The lowest BCUT2D eigenvalue weighted by atomic mass is 9.81. The van der Waals surface area contributed by atoms with E-state index in [4.69, 9.17) is 4.74 Å². The molecule has 34 heavy (non-hydrogen) atoms. The van der Waals surface area contributed by atoms with Crippen molar-refractivity contribution in [1.82, 2.24) is 14.7 Å². The number of imide groups is 1. The fraction of sp³-hybridized carbons (Fsp3) is 0.583. The zero-order chi connectivity index (χ0) is 24.3. The average molecular weight is 472 g/mol. The number of anilines is 2. The van der Waals surface area contributed by atoms with Gasteiger partial charge in [-0.1, -0.05) is 19.3 Å². The number of nitrogens with one attached hydrogen (secondary N) is 1. The lowest BCUT2D eigenvalue weighted by Crippen LogP contribution is -2.49. The van der Waals surface area contributed by atoms with Gasteiger partial charge in [0.2, 0.25) is 11.8 Å². The highest BCUT2D eigenvalue weighted by molar-refractivity contribution is 6.09. The first-order valence-corrected chi connectivity index (χ1v) is 11.9. The van der Waals surface area contributed by atoms with Gasteiger partial charge in [0.15, 0.2) is 0 Å². The lowest BCUT2D eigenvalue weighted by molar-refractivity contribution is -0.140. The third kappa shape index (κ3) is 4.72. The molecule has 1 spiro atoms. The third-order valence-electron chi connectivity index (χ3n) is 7.11. The maximum atomic E-state index is 13.1. The molecule has 184 valence electrons. The van der Waals surface area contributed by atoms with Crippen LogP contribution in [0.5, 0.6) is 0 Å². The van der Waals surface area contributed by atoms with Gasteiger partial charge < -0.3 is 24.8 Å². The van der Waals surface area contributed by atoms with Gasteiger partial charge in [0.1, 0.15) is 12.1 Å². The Morgan fingerprint density at radius 2 is 1.71 bits per heavy atom. The van der Waals surface area contributed by atoms with E-state index in [1.807, 2.05) is 24.3 Å². The van der Waals surface area contributed by atoms with Crippen LogP contribution in [0.1, 0.15) is 32.1 Å². The minimum atomic E-state index is -0.820. The number of hydrogen-bond donors (Lipinski definition) is 1. The van der Waals surface area contributed by atoms with E-state index < -0.39 is 17.5 Å². The number of amides is 5. The number of hydrogen-bond acceptors (Lipinski definition) is 6. The topological polar surface area (TPSA) is 102 Å². The standard InChI is InChI=1S/C24H33N5O5/c1-26(16-20(30)25-18-6-8-19(9-7-18)28-12-14-34-15-13-28)21(31)17-29-22(32)24(27(2)23(29)33)10-4-3-5-11-24/h6-9H,3-5,10-17H2,1-2H3,(H,25,30). The fourth-order valence-electron chi connectivity index (χ4n) is 5.01. The van der Waals surface area contributed by atoms with Gasteiger partial charge in [-0.05, 0) is 37.1 Å². The summed E-state index contributed by atoms with van der Waals surface area (Å²) in [5, 5.41) is 2.79. The van der Waals surface area contributed by atoms with Crippen LogP contribution in [-0.2, 0) is 19.1 Å². The van der Waals surface area contributed by atoms with Gasteiger partial charge in [-0.2, -0.15) is 0 Å². The van der Waals surface area contributed by atoms with Crippen molar-refractivity contribution in [3.8, 4) is 0 Å². The van der Waals surface area contributed by atoms with E-state index in [0.717, 1.165) is 42.9 Å². The fourth-order valence-corrected chi connectivity index (χ4v) is 5.01. The minimum Gasteiger partial charge on any atom is -0.378 e. The number of likely N-dealkylation sites (N-methyl/N-ethyl adjacent to an activating group) is 2. The van der Waals surface area contributed by atoms with Crippen molar-refractivity contribution in [2.75, 3.05) is 63.7 Å². The molecule has 2 heterocycles. The zero-order valence-corrected chi connectivity index (χ0v) is 19.9. The van der Waals surface area contributed by atoms with E-state index in [1.165, 1.54) is 16.8 Å². The second-order valence-electron chi connectivity index (χ2n) is 9.27. The quantitative estimate of drug-likeness (QED) is 0.631. The van der Waals surface area contributed by atoms with Crippen molar-refractivity contribution >= 4 is 35.1 Å². The van der Waals surface area contributed by atoms with Crippen LogP contribution >= 0.6 is 0 Å². The molecular formula is C24H33N5O5. The molecule has 0 radical (unpaired) electrons. The first-order chi connectivity index (χ1) is 16.3. The summed E-state index contributed by atoms with van der Waals surface area (Å²) in [5.41, 5.74) is 0.877. The van der Waals surface area contributed by atoms with E-state index in [-0.39, 0.29) is 24.9 Å². The molecule has 1 N–H and O–H groups in total. The van der Waals surface area contributed by atoms with Crippen molar-refractivity contribution in [2.45, 2.75) is 37.6 Å². The van der Waals surface area contributed by atoms with Crippen LogP contribution < -0.4 is 10.2 Å². The Bertz CT molecular complexity index is 938.